The highest BCUT2D eigenvalue weighted by Crippen LogP contribution is 2.21. The number of carbonyl (C=O) groups excluding carboxylic acids is 1. The zero-order valence-electron chi connectivity index (χ0n) is 21.9. The summed E-state index contributed by atoms with van der Waals surface area (Å²) in [5.41, 5.74) is 4.53. The predicted octanol–water partition coefficient (Wildman–Crippen LogP) is 10.1. The minimum Gasteiger partial charge on any atom is -0.289 e. The third-order valence-electron chi connectivity index (χ3n) is 6.47. The van der Waals surface area contributed by atoms with Gasteiger partial charge in [0.2, 0.25) is 0 Å². The van der Waals surface area contributed by atoms with Crippen LogP contribution in [0.1, 0.15) is 118 Å². The fourth-order valence-electron chi connectivity index (χ4n) is 4.24. The van der Waals surface area contributed by atoms with E-state index < -0.39 is 0 Å². The second-order valence-corrected chi connectivity index (χ2v) is 10.6. The monoisotopic (exact) mass is 478 g/mol. The second-order valence-electron chi connectivity index (χ2n) is 9.40. The molecule has 0 aliphatic rings. The van der Waals surface area contributed by atoms with Gasteiger partial charge in [-0.3, -0.25) is 4.79 Å². The van der Waals surface area contributed by atoms with Crippen LogP contribution in [-0.2, 0) is 12.8 Å². The van der Waals surface area contributed by atoms with Gasteiger partial charge < -0.3 is 0 Å². The van der Waals surface area contributed by atoms with E-state index >= 15 is 0 Å². The van der Waals surface area contributed by atoms with Gasteiger partial charge in [-0.1, -0.05) is 109 Å². The molecule has 0 amide bonds. The molecule has 0 bridgehead atoms. The second kappa shape index (κ2) is 17.6. The highest BCUT2D eigenvalue weighted by molar-refractivity contribution is 7.99. The van der Waals surface area contributed by atoms with Crippen LogP contribution in [0.3, 0.4) is 0 Å². The van der Waals surface area contributed by atoms with Crippen LogP contribution >= 0.6 is 11.8 Å². The third-order valence-corrected chi connectivity index (χ3v) is 7.57. The molecule has 186 valence electrons. The number of hydrogen-bond acceptors (Lipinski definition) is 2. The van der Waals surface area contributed by atoms with Crippen molar-refractivity contribution in [3.05, 3.63) is 70.8 Å². The van der Waals surface area contributed by atoms with Crippen molar-refractivity contribution in [1.82, 2.24) is 0 Å². The Labute approximate surface area is 213 Å². The van der Waals surface area contributed by atoms with Crippen LogP contribution in [0.25, 0.3) is 6.08 Å². The first-order chi connectivity index (χ1) is 16.7. The number of hydrogen-bond donors (Lipinski definition) is 0. The molecule has 0 radical (unpaired) electrons. The smallest absolute Gasteiger partial charge is 0.185 e. The summed E-state index contributed by atoms with van der Waals surface area (Å²) in [6.07, 6.45) is 20.9. The van der Waals surface area contributed by atoms with Gasteiger partial charge in [-0.15, -0.1) is 11.8 Å². The lowest BCUT2D eigenvalue weighted by molar-refractivity contribution is 0.104. The van der Waals surface area contributed by atoms with Gasteiger partial charge in [0.15, 0.2) is 5.78 Å². The molecular weight excluding hydrogens is 432 g/mol. The molecule has 2 heteroatoms. The van der Waals surface area contributed by atoms with E-state index in [2.05, 4.69) is 51.1 Å². The molecule has 0 saturated carbocycles. The van der Waals surface area contributed by atoms with Crippen molar-refractivity contribution in [2.75, 3.05) is 5.75 Å². The standard InChI is InChI=1S/C32H46OS/c1-4-7-8-9-10-11-12-13-14-15-16-23-34-31-20-18-30(19-21-31)32(33)22-17-29-25-27(5-2)24-28(6-3)26-29/h17-22,24-26H,4-16,23H2,1-3H3. The summed E-state index contributed by atoms with van der Waals surface area (Å²) in [5, 5.41) is 0. The largest absolute Gasteiger partial charge is 0.289 e. The van der Waals surface area contributed by atoms with E-state index in [4.69, 9.17) is 0 Å². The molecule has 1 nitrogen and oxygen atoms in total. The summed E-state index contributed by atoms with van der Waals surface area (Å²) in [6.45, 7) is 6.62. The van der Waals surface area contributed by atoms with Gasteiger partial charge >= 0.3 is 0 Å². The average molecular weight is 479 g/mol. The molecule has 0 heterocycles. The van der Waals surface area contributed by atoms with E-state index in [1.807, 2.05) is 30.0 Å². The van der Waals surface area contributed by atoms with Gasteiger partial charge in [0.05, 0.1) is 0 Å². The lowest BCUT2D eigenvalue weighted by Crippen LogP contribution is -1.94. The highest BCUT2D eigenvalue weighted by Gasteiger charge is 2.03. The Hall–Kier alpha value is -1.80. The SMILES string of the molecule is CCCCCCCCCCCCCSc1ccc(C(=O)C=Cc2cc(CC)cc(CC)c2)cc1. The highest BCUT2D eigenvalue weighted by atomic mass is 32.2. The molecular formula is C32H46OS. The van der Waals surface area contributed by atoms with Gasteiger partial charge in [-0.2, -0.15) is 0 Å². The first-order valence-corrected chi connectivity index (χ1v) is 14.7. The van der Waals surface area contributed by atoms with Crippen LogP contribution in [0.4, 0.5) is 0 Å². The minimum absolute atomic E-state index is 0.0712. The lowest BCUT2D eigenvalue weighted by Gasteiger charge is -2.05. The Morgan fingerprint density at radius 2 is 1.24 bits per heavy atom. The molecule has 0 aliphatic heterocycles. The van der Waals surface area contributed by atoms with E-state index in [1.54, 1.807) is 6.08 Å². The summed E-state index contributed by atoms with van der Waals surface area (Å²) in [5.74, 6) is 1.24. The minimum atomic E-state index is 0.0712. The molecule has 2 aromatic rings. The fraction of sp³-hybridized carbons (Fsp3) is 0.531. The van der Waals surface area contributed by atoms with Gasteiger partial charge in [0.1, 0.15) is 0 Å². The summed E-state index contributed by atoms with van der Waals surface area (Å²) >= 11 is 1.91. The van der Waals surface area contributed by atoms with E-state index in [1.165, 1.54) is 86.7 Å². The Balaban J connectivity index is 1.64. The molecule has 0 saturated heterocycles. The van der Waals surface area contributed by atoms with Gasteiger partial charge in [-0.05, 0) is 72.0 Å². The number of benzene rings is 2. The molecule has 0 aromatic heterocycles. The zero-order valence-corrected chi connectivity index (χ0v) is 22.7. The van der Waals surface area contributed by atoms with Crippen LogP contribution < -0.4 is 0 Å². The Morgan fingerprint density at radius 1 is 0.706 bits per heavy atom. The van der Waals surface area contributed by atoms with Crippen LogP contribution in [0.5, 0.6) is 0 Å². The quantitative estimate of drug-likeness (QED) is 0.0917. The van der Waals surface area contributed by atoms with Crippen molar-refractivity contribution in [2.24, 2.45) is 0 Å². The average Bonchev–Trinajstić information content (AvgIpc) is 2.88. The molecule has 2 rings (SSSR count). The summed E-state index contributed by atoms with van der Waals surface area (Å²) in [4.78, 5) is 13.9. The third kappa shape index (κ3) is 11.6. The van der Waals surface area contributed by atoms with Crippen molar-refractivity contribution >= 4 is 23.6 Å². The fourth-order valence-corrected chi connectivity index (χ4v) is 5.15. The van der Waals surface area contributed by atoms with E-state index in [0.717, 1.165) is 29.7 Å². The van der Waals surface area contributed by atoms with Crippen LogP contribution in [0, 0.1) is 0 Å². The maximum absolute atomic E-state index is 12.6. The van der Waals surface area contributed by atoms with E-state index in [-0.39, 0.29) is 5.78 Å². The summed E-state index contributed by atoms with van der Waals surface area (Å²) in [6, 6.07) is 14.7. The van der Waals surface area contributed by atoms with Crippen LogP contribution in [0.2, 0.25) is 0 Å². The molecule has 2 aromatic carbocycles. The number of thioether (sulfide) groups is 1. The van der Waals surface area contributed by atoms with E-state index in [0.29, 0.717) is 0 Å². The predicted molar refractivity (Wildman–Crippen MR) is 152 cm³/mol. The number of rotatable bonds is 18. The van der Waals surface area contributed by atoms with Gasteiger partial charge in [-0.25, -0.2) is 0 Å². The maximum Gasteiger partial charge on any atom is 0.185 e. The number of unbranched alkanes of at least 4 members (excludes halogenated alkanes) is 10. The van der Waals surface area contributed by atoms with E-state index in [9.17, 15) is 4.79 Å². The zero-order chi connectivity index (χ0) is 24.4. The van der Waals surface area contributed by atoms with Gasteiger partial charge in [0.25, 0.3) is 0 Å². The Kier molecular flexibility index (Phi) is 14.7. The number of aryl methyl sites for hydroxylation is 2. The first kappa shape index (κ1) is 28.4. The molecule has 34 heavy (non-hydrogen) atoms. The molecule has 0 unspecified atom stereocenters. The van der Waals surface area contributed by atoms with Crippen molar-refractivity contribution in [3.8, 4) is 0 Å². The van der Waals surface area contributed by atoms with Crippen LogP contribution in [-0.4, -0.2) is 11.5 Å². The Morgan fingerprint density at radius 3 is 1.76 bits per heavy atom. The number of allylic oxidation sites excluding steroid dienone is 1. The molecule has 0 N–H and O–H groups in total. The number of ketones is 1. The summed E-state index contributed by atoms with van der Waals surface area (Å²) < 4.78 is 0. The molecule has 0 spiro atoms. The van der Waals surface area contributed by atoms with Crippen molar-refractivity contribution in [2.45, 2.75) is 109 Å². The molecule has 0 fully saturated rings. The lowest BCUT2D eigenvalue weighted by atomic mass is 10.0. The summed E-state index contributed by atoms with van der Waals surface area (Å²) in [7, 11) is 0. The van der Waals surface area contributed by atoms with Crippen molar-refractivity contribution in [1.29, 1.82) is 0 Å². The van der Waals surface area contributed by atoms with Crippen LogP contribution in [0.15, 0.2) is 53.4 Å². The van der Waals surface area contributed by atoms with Crippen molar-refractivity contribution in [3.63, 3.8) is 0 Å². The maximum atomic E-state index is 12.6. The molecule has 0 atom stereocenters. The van der Waals surface area contributed by atoms with Crippen molar-refractivity contribution < 1.29 is 4.79 Å². The Bertz CT molecular complexity index is 828. The topological polar surface area (TPSA) is 17.1 Å². The molecule has 0 aliphatic carbocycles. The van der Waals surface area contributed by atoms with Gasteiger partial charge in [0, 0.05) is 10.5 Å². The first-order valence-electron chi connectivity index (χ1n) is 13.7. The number of carbonyl (C=O) groups is 1. The normalized spacial score (nSPS) is 11.4.